The molecule has 1 saturated heterocycles. The Bertz CT molecular complexity index is 515. The van der Waals surface area contributed by atoms with Crippen molar-refractivity contribution in [2.75, 3.05) is 27.2 Å². The van der Waals surface area contributed by atoms with Crippen LogP contribution < -0.4 is 4.84 Å². The molecule has 0 amide bonds. The topological polar surface area (TPSA) is 46.4 Å². The fourth-order valence-electron chi connectivity index (χ4n) is 2.05. The zero-order valence-electron chi connectivity index (χ0n) is 9.95. The summed E-state index contributed by atoms with van der Waals surface area (Å²) in [5.74, 6) is 0. The third-order valence-corrected chi connectivity index (χ3v) is 3.08. The van der Waals surface area contributed by atoms with E-state index in [0.717, 1.165) is 24.1 Å². The van der Waals surface area contributed by atoms with Crippen LogP contribution in [0.15, 0.2) is 24.3 Å². The van der Waals surface area contributed by atoms with Gasteiger partial charge < -0.3 is 4.84 Å². The van der Waals surface area contributed by atoms with Crippen LogP contribution in [0.25, 0.3) is 11.0 Å². The smallest absolute Gasteiger partial charge is 0.238 e. The highest BCUT2D eigenvalue weighted by Gasteiger charge is 2.29. The van der Waals surface area contributed by atoms with Gasteiger partial charge in [0.15, 0.2) is 0 Å². The van der Waals surface area contributed by atoms with Gasteiger partial charge in [0.1, 0.15) is 11.0 Å². The van der Waals surface area contributed by atoms with Gasteiger partial charge in [-0.2, -0.15) is 0 Å². The summed E-state index contributed by atoms with van der Waals surface area (Å²) in [6, 6.07) is 7.76. The first kappa shape index (κ1) is 10.5. The minimum absolute atomic E-state index is 0.0832. The summed E-state index contributed by atoms with van der Waals surface area (Å²) in [7, 11) is 4.07. The molecule has 3 rings (SSSR count). The predicted molar refractivity (Wildman–Crippen MR) is 63.2 cm³/mol. The molecule has 0 unspecified atom stereocenters. The number of nitrogens with zero attached hydrogens (tertiary/aromatic N) is 5. The number of para-hydroxylation sites is 1. The third kappa shape index (κ3) is 1.75. The van der Waals surface area contributed by atoms with E-state index in [-0.39, 0.29) is 6.35 Å². The van der Waals surface area contributed by atoms with E-state index in [1.54, 1.807) is 0 Å². The fourth-order valence-corrected chi connectivity index (χ4v) is 2.05. The van der Waals surface area contributed by atoms with Crippen LogP contribution in [0.2, 0.25) is 0 Å². The first-order valence-corrected chi connectivity index (χ1v) is 5.64. The highest BCUT2D eigenvalue weighted by atomic mass is 16.7. The number of aromatic nitrogens is 3. The van der Waals surface area contributed by atoms with Crippen LogP contribution >= 0.6 is 0 Å². The van der Waals surface area contributed by atoms with Crippen molar-refractivity contribution in [1.82, 2.24) is 25.0 Å². The lowest BCUT2D eigenvalue weighted by Gasteiger charge is -2.24. The highest BCUT2D eigenvalue weighted by Crippen LogP contribution is 2.12. The van der Waals surface area contributed by atoms with Gasteiger partial charge >= 0.3 is 0 Å². The van der Waals surface area contributed by atoms with Crippen molar-refractivity contribution in [2.45, 2.75) is 6.35 Å². The predicted octanol–water partition coefficient (Wildman–Crippen LogP) is 0.0207. The zero-order chi connectivity index (χ0) is 11.8. The molecule has 6 nitrogen and oxygen atoms in total. The van der Waals surface area contributed by atoms with Crippen molar-refractivity contribution in [2.24, 2.45) is 0 Å². The average Bonchev–Trinajstić information content (AvgIpc) is 2.88. The van der Waals surface area contributed by atoms with Gasteiger partial charge in [-0.05, 0) is 31.4 Å². The Labute approximate surface area is 99.3 Å². The van der Waals surface area contributed by atoms with E-state index in [4.69, 9.17) is 4.84 Å². The van der Waals surface area contributed by atoms with Gasteiger partial charge in [0, 0.05) is 13.1 Å². The molecule has 1 aliphatic heterocycles. The number of hydrogen-bond donors (Lipinski definition) is 0. The van der Waals surface area contributed by atoms with E-state index in [1.807, 2.05) is 38.4 Å². The molecule has 0 bridgehead atoms. The Morgan fingerprint density at radius 2 is 1.88 bits per heavy atom. The maximum absolute atomic E-state index is 5.85. The number of likely N-dealkylation sites (N-methyl/N-ethyl adjacent to an activating group) is 2. The molecule has 2 aromatic rings. The molecule has 6 heteroatoms. The van der Waals surface area contributed by atoms with Gasteiger partial charge in [-0.15, -0.1) is 5.10 Å². The maximum Gasteiger partial charge on any atom is 0.238 e. The lowest BCUT2D eigenvalue weighted by molar-refractivity contribution is -0.108. The number of rotatable bonds is 2. The van der Waals surface area contributed by atoms with Crippen LogP contribution in [0.5, 0.6) is 0 Å². The van der Waals surface area contributed by atoms with Gasteiger partial charge in [0.2, 0.25) is 6.35 Å². The molecule has 1 aliphatic rings. The number of hydrogen-bond acceptors (Lipinski definition) is 5. The van der Waals surface area contributed by atoms with Crippen molar-refractivity contribution in [3.8, 4) is 0 Å². The minimum Gasteiger partial charge on any atom is -0.359 e. The highest BCUT2D eigenvalue weighted by molar-refractivity contribution is 5.73. The van der Waals surface area contributed by atoms with Crippen LogP contribution in [0.4, 0.5) is 0 Å². The number of benzene rings is 1. The Kier molecular flexibility index (Phi) is 2.45. The summed E-state index contributed by atoms with van der Waals surface area (Å²) in [5, 5.41) is 8.08. The van der Waals surface area contributed by atoms with Gasteiger partial charge in [-0.1, -0.05) is 17.0 Å². The van der Waals surface area contributed by atoms with E-state index in [1.165, 1.54) is 4.85 Å². The molecule has 1 aromatic heterocycles. The minimum atomic E-state index is -0.0832. The van der Waals surface area contributed by atoms with Crippen molar-refractivity contribution >= 4 is 11.0 Å². The second-order valence-electron chi connectivity index (χ2n) is 4.34. The van der Waals surface area contributed by atoms with Crippen LogP contribution in [0.1, 0.15) is 0 Å². The van der Waals surface area contributed by atoms with E-state index >= 15 is 0 Å². The molecular formula is C11H15N5O. The maximum atomic E-state index is 5.85. The van der Waals surface area contributed by atoms with E-state index in [2.05, 4.69) is 20.1 Å². The molecule has 0 spiro atoms. The Morgan fingerprint density at radius 3 is 2.65 bits per heavy atom. The molecule has 1 aromatic carbocycles. The van der Waals surface area contributed by atoms with Crippen molar-refractivity contribution in [1.29, 1.82) is 0 Å². The zero-order valence-corrected chi connectivity index (χ0v) is 9.95. The van der Waals surface area contributed by atoms with Gasteiger partial charge in [-0.25, -0.2) is 0 Å². The number of fused-ring (bicyclic) bond motifs is 1. The monoisotopic (exact) mass is 233 g/mol. The van der Waals surface area contributed by atoms with Crippen LogP contribution in [0, 0.1) is 0 Å². The SMILES string of the molecule is CN1CCN(C)C1On1nnc2ccccc21. The fraction of sp³-hybridized carbons (Fsp3) is 0.455. The quantitative estimate of drug-likeness (QED) is 0.732. The molecule has 0 atom stereocenters. The Morgan fingerprint density at radius 1 is 1.18 bits per heavy atom. The normalized spacial score (nSPS) is 19.2. The standard InChI is InChI=1S/C11H15N5O/c1-14-7-8-15(2)11(14)17-16-10-6-4-3-5-9(10)12-13-16/h3-6,11H,7-8H2,1-2H3. The average molecular weight is 233 g/mol. The van der Waals surface area contributed by atoms with E-state index in [0.29, 0.717) is 0 Å². The van der Waals surface area contributed by atoms with E-state index < -0.39 is 0 Å². The summed E-state index contributed by atoms with van der Waals surface area (Å²) < 4.78 is 0. The van der Waals surface area contributed by atoms with E-state index in [9.17, 15) is 0 Å². The Balaban J connectivity index is 1.90. The lowest BCUT2D eigenvalue weighted by atomic mass is 10.3. The van der Waals surface area contributed by atoms with Gasteiger partial charge in [0.05, 0.1) is 0 Å². The molecule has 0 aliphatic carbocycles. The molecule has 1 fully saturated rings. The molecular weight excluding hydrogens is 218 g/mol. The molecule has 90 valence electrons. The Hall–Kier alpha value is -1.66. The molecule has 17 heavy (non-hydrogen) atoms. The van der Waals surface area contributed by atoms with Crippen molar-refractivity contribution in [3.63, 3.8) is 0 Å². The lowest BCUT2D eigenvalue weighted by Crippen LogP contribution is -2.43. The molecule has 0 N–H and O–H groups in total. The molecule has 0 saturated carbocycles. The van der Waals surface area contributed by atoms with Gasteiger partial charge in [-0.3, -0.25) is 9.80 Å². The summed E-state index contributed by atoms with van der Waals surface area (Å²) in [6.45, 7) is 1.99. The second kappa shape index (κ2) is 3.97. The molecule has 2 heterocycles. The van der Waals surface area contributed by atoms with Crippen LogP contribution in [0.3, 0.4) is 0 Å². The van der Waals surface area contributed by atoms with Crippen molar-refractivity contribution in [3.05, 3.63) is 24.3 Å². The van der Waals surface area contributed by atoms with Gasteiger partial charge in [0.25, 0.3) is 0 Å². The first-order valence-electron chi connectivity index (χ1n) is 5.64. The van der Waals surface area contributed by atoms with Crippen molar-refractivity contribution < 1.29 is 4.84 Å². The summed E-state index contributed by atoms with van der Waals surface area (Å²) in [6.07, 6.45) is -0.0832. The summed E-state index contributed by atoms with van der Waals surface area (Å²) in [5.41, 5.74) is 1.73. The summed E-state index contributed by atoms with van der Waals surface area (Å²) >= 11 is 0. The summed E-state index contributed by atoms with van der Waals surface area (Å²) in [4.78, 5) is 11.6. The largest absolute Gasteiger partial charge is 0.359 e. The molecule has 0 radical (unpaired) electrons. The van der Waals surface area contributed by atoms with Crippen LogP contribution in [-0.4, -0.2) is 58.5 Å². The third-order valence-electron chi connectivity index (χ3n) is 3.08. The second-order valence-corrected chi connectivity index (χ2v) is 4.34. The van der Waals surface area contributed by atoms with Crippen LogP contribution in [-0.2, 0) is 0 Å². The first-order chi connectivity index (χ1) is 8.25.